The number of benzene rings is 1. The first-order valence-corrected chi connectivity index (χ1v) is 9.54. The monoisotopic (exact) mass is 403 g/mol. The van der Waals surface area contributed by atoms with E-state index in [4.69, 9.17) is 9.47 Å². The number of hydrogen-bond donors (Lipinski definition) is 1. The zero-order chi connectivity index (χ0) is 20.2. The van der Waals surface area contributed by atoms with Crippen molar-refractivity contribution < 1.29 is 23.5 Å². The fourth-order valence-corrected chi connectivity index (χ4v) is 3.67. The first-order chi connectivity index (χ1) is 14.1. The van der Waals surface area contributed by atoms with E-state index in [1.54, 1.807) is 17.0 Å². The second-order valence-corrected chi connectivity index (χ2v) is 7.12. The van der Waals surface area contributed by atoms with Gasteiger partial charge in [0.15, 0.2) is 5.69 Å². The Labute approximate surface area is 166 Å². The van der Waals surface area contributed by atoms with E-state index in [1.807, 2.05) is 4.90 Å². The molecule has 0 spiro atoms. The molecule has 2 aliphatic rings. The van der Waals surface area contributed by atoms with E-state index in [1.165, 1.54) is 18.3 Å². The summed E-state index contributed by atoms with van der Waals surface area (Å²) in [5.74, 6) is 0.0231. The zero-order valence-corrected chi connectivity index (χ0v) is 15.8. The summed E-state index contributed by atoms with van der Waals surface area (Å²) in [6, 6.07) is 5.84. The Balaban J connectivity index is 1.29. The van der Waals surface area contributed by atoms with Crippen LogP contribution in [0.25, 0.3) is 0 Å². The van der Waals surface area contributed by atoms with Gasteiger partial charge in [0.25, 0.3) is 5.91 Å². The molecule has 2 saturated heterocycles. The van der Waals surface area contributed by atoms with Gasteiger partial charge in [-0.2, -0.15) is 15.4 Å². The number of carbonyl (C=O) groups is 2. The molecule has 0 aliphatic carbocycles. The fraction of sp³-hybridized carbons (Fsp3) is 0.474. The van der Waals surface area contributed by atoms with Gasteiger partial charge in [0.1, 0.15) is 30.9 Å². The van der Waals surface area contributed by atoms with Crippen molar-refractivity contribution in [2.45, 2.75) is 25.0 Å². The second-order valence-electron chi connectivity index (χ2n) is 7.12. The molecule has 4 rings (SSSR count). The van der Waals surface area contributed by atoms with Crippen molar-refractivity contribution in [2.24, 2.45) is 0 Å². The number of nitrogens with one attached hydrogen (secondary N) is 1. The maximum atomic E-state index is 13.0. The summed E-state index contributed by atoms with van der Waals surface area (Å²) >= 11 is 0. The highest BCUT2D eigenvalue weighted by molar-refractivity contribution is 5.92. The number of H-pyrrole nitrogens is 1. The lowest BCUT2D eigenvalue weighted by Crippen LogP contribution is -2.55. The van der Waals surface area contributed by atoms with Crippen LogP contribution in [0.5, 0.6) is 5.75 Å². The molecular weight excluding hydrogens is 381 g/mol. The number of rotatable bonds is 5. The van der Waals surface area contributed by atoms with Crippen LogP contribution >= 0.6 is 0 Å². The molecule has 2 fully saturated rings. The standard InChI is InChI=1S/C19H22FN5O4/c20-13-1-3-15(4-2-13)28-11-16-10-25(18(26)12-29-16)14-5-7-24(8-6-14)19(27)17-9-21-23-22-17/h1-4,9,14,16H,5-8,10-12H2,(H,21,22,23). The van der Waals surface area contributed by atoms with E-state index >= 15 is 0 Å². The summed E-state index contributed by atoms with van der Waals surface area (Å²) < 4.78 is 24.2. The second kappa shape index (κ2) is 8.56. The third-order valence-electron chi connectivity index (χ3n) is 5.24. The van der Waals surface area contributed by atoms with Crippen molar-refractivity contribution in [3.05, 3.63) is 42.0 Å². The van der Waals surface area contributed by atoms with Crippen LogP contribution in [0.15, 0.2) is 30.5 Å². The molecule has 0 radical (unpaired) electrons. The predicted molar refractivity (Wildman–Crippen MR) is 98.7 cm³/mol. The maximum Gasteiger partial charge on any atom is 0.276 e. The Hall–Kier alpha value is -3.01. The molecule has 1 aromatic carbocycles. The van der Waals surface area contributed by atoms with Crippen LogP contribution in [-0.2, 0) is 9.53 Å². The minimum Gasteiger partial charge on any atom is -0.491 e. The summed E-state index contributed by atoms with van der Waals surface area (Å²) in [5.41, 5.74) is 0.295. The molecule has 2 aliphatic heterocycles. The Morgan fingerprint density at radius 2 is 2.03 bits per heavy atom. The lowest BCUT2D eigenvalue weighted by atomic mass is 10.0. The Morgan fingerprint density at radius 1 is 1.28 bits per heavy atom. The highest BCUT2D eigenvalue weighted by Crippen LogP contribution is 2.22. The van der Waals surface area contributed by atoms with E-state index < -0.39 is 0 Å². The average molecular weight is 403 g/mol. The van der Waals surface area contributed by atoms with Crippen molar-refractivity contribution in [1.82, 2.24) is 25.2 Å². The summed E-state index contributed by atoms with van der Waals surface area (Å²) in [5, 5.41) is 9.94. The third kappa shape index (κ3) is 4.53. The van der Waals surface area contributed by atoms with Gasteiger partial charge in [-0.3, -0.25) is 9.59 Å². The van der Waals surface area contributed by atoms with Crippen molar-refractivity contribution in [3.8, 4) is 5.75 Å². The van der Waals surface area contributed by atoms with E-state index in [9.17, 15) is 14.0 Å². The number of nitrogens with zero attached hydrogens (tertiary/aromatic N) is 4. The lowest BCUT2D eigenvalue weighted by Gasteiger charge is -2.42. The van der Waals surface area contributed by atoms with E-state index in [0.29, 0.717) is 43.9 Å². The van der Waals surface area contributed by atoms with Crippen molar-refractivity contribution in [1.29, 1.82) is 0 Å². The number of likely N-dealkylation sites (tertiary alicyclic amines) is 1. The smallest absolute Gasteiger partial charge is 0.276 e. The Kier molecular flexibility index (Phi) is 5.70. The number of piperidine rings is 1. The van der Waals surface area contributed by atoms with Crippen LogP contribution in [0.1, 0.15) is 23.3 Å². The molecule has 1 unspecified atom stereocenters. The molecule has 1 N–H and O–H groups in total. The van der Waals surface area contributed by atoms with Gasteiger partial charge in [-0.05, 0) is 37.1 Å². The van der Waals surface area contributed by atoms with E-state index in [0.717, 1.165) is 0 Å². The van der Waals surface area contributed by atoms with Crippen LogP contribution in [0.2, 0.25) is 0 Å². The van der Waals surface area contributed by atoms with Gasteiger partial charge in [0.2, 0.25) is 5.91 Å². The van der Waals surface area contributed by atoms with Crippen molar-refractivity contribution >= 4 is 11.8 Å². The Bertz CT molecular complexity index is 837. The largest absolute Gasteiger partial charge is 0.491 e. The predicted octanol–water partition coefficient (Wildman–Crippen LogP) is 0.855. The van der Waals surface area contributed by atoms with Gasteiger partial charge in [-0.25, -0.2) is 4.39 Å². The molecule has 0 bridgehead atoms. The number of halogens is 1. The van der Waals surface area contributed by atoms with Crippen LogP contribution in [-0.4, -0.2) is 82.0 Å². The van der Waals surface area contributed by atoms with E-state index in [-0.39, 0.29) is 43.0 Å². The summed E-state index contributed by atoms with van der Waals surface area (Å²) in [6.45, 7) is 1.83. The van der Waals surface area contributed by atoms with Gasteiger partial charge in [-0.15, -0.1) is 0 Å². The van der Waals surface area contributed by atoms with Crippen molar-refractivity contribution in [3.63, 3.8) is 0 Å². The van der Waals surface area contributed by atoms with Crippen LogP contribution in [0, 0.1) is 5.82 Å². The highest BCUT2D eigenvalue weighted by Gasteiger charge is 2.35. The summed E-state index contributed by atoms with van der Waals surface area (Å²) in [7, 11) is 0. The fourth-order valence-electron chi connectivity index (χ4n) is 3.67. The first kappa shape index (κ1) is 19.3. The molecule has 3 heterocycles. The van der Waals surface area contributed by atoms with Gasteiger partial charge in [-0.1, -0.05) is 0 Å². The lowest BCUT2D eigenvalue weighted by molar-refractivity contribution is -0.155. The number of aromatic nitrogens is 3. The molecule has 1 aromatic heterocycles. The SMILES string of the molecule is O=C(c1cn[nH]n1)N1CCC(N2CC(COc3ccc(F)cc3)OCC2=O)CC1. The number of ether oxygens (including phenoxy) is 2. The zero-order valence-electron chi connectivity index (χ0n) is 15.8. The maximum absolute atomic E-state index is 13.0. The van der Waals surface area contributed by atoms with Crippen LogP contribution < -0.4 is 4.74 Å². The van der Waals surface area contributed by atoms with Gasteiger partial charge in [0, 0.05) is 19.1 Å². The molecule has 0 saturated carbocycles. The molecular formula is C19H22FN5O4. The molecule has 2 amide bonds. The highest BCUT2D eigenvalue weighted by atomic mass is 19.1. The molecule has 1 atom stereocenters. The van der Waals surface area contributed by atoms with Gasteiger partial charge in [0.05, 0.1) is 12.7 Å². The van der Waals surface area contributed by atoms with Gasteiger partial charge >= 0.3 is 0 Å². The summed E-state index contributed by atoms with van der Waals surface area (Å²) in [4.78, 5) is 28.3. The minimum atomic E-state index is -0.323. The van der Waals surface area contributed by atoms with E-state index in [2.05, 4.69) is 15.4 Å². The average Bonchev–Trinajstić information content (AvgIpc) is 3.29. The molecule has 29 heavy (non-hydrogen) atoms. The molecule has 10 heteroatoms. The van der Waals surface area contributed by atoms with Crippen LogP contribution in [0.3, 0.4) is 0 Å². The van der Waals surface area contributed by atoms with Crippen molar-refractivity contribution in [2.75, 3.05) is 32.8 Å². The molecule has 154 valence electrons. The molecule has 9 nitrogen and oxygen atoms in total. The topological polar surface area (TPSA) is 101 Å². The number of hydrogen-bond acceptors (Lipinski definition) is 6. The summed E-state index contributed by atoms with van der Waals surface area (Å²) in [6.07, 6.45) is 2.54. The number of amides is 2. The number of aromatic amines is 1. The quantitative estimate of drug-likeness (QED) is 0.795. The minimum absolute atomic E-state index is 0.00945. The third-order valence-corrected chi connectivity index (χ3v) is 5.24. The number of carbonyl (C=O) groups excluding carboxylic acids is 2. The molecule has 2 aromatic rings. The van der Waals surface area contributed by atoms with Crippen LogP contribution in [0.4, 0.5) is 4.39 Å². The Morgan fingerprint density at radius 3 is 2.72 bits per heavy atom. The normalized spacial score (nSPS) is 20.7. The first-order valence-electron chi connectivity index (χ1n) is 9.54. The van der Waals surface area contributed by atoms with Gasteiger partial charge < -0.3 is 19.3 Å². The number of morpholine rings is 1.